The Morgan fingerprint density at radius 1 is 1.47 bits per heavy atom. The zero-order chi connectivity index (χ0) is 11.3. The first-order chi connectivity index (χ1) is 7.13. The second-order valence-corrected chi connectivity index (χ2v) is 4.03. The van der Waals surface area contributed by atoms with Crippen molar-refractivity contribution in [3.05, 3.63) is 29.6 Å². The predicted molar refractivity (Wildman–Crippen MR) is 60.1 cm³/mol. The van der Waals surface area contributed by atoms with Crippen molar-refractivity contribution in [1.82, 2.24) is 9.88 Å². The molecular weight excluding hydrogens is 186 g/mol. The second-order valence-electron chi connectivity index (χ2n) is 4.03. The van der Waals surface area contributed by atoms with Gasteiger partial charge in [0.15, 0.2) is 0 Å². The third kappa shape index (κ3) is 3.69. The van der Waals surface area contributed by atoms with Gasteiger partial charge in [-0.1, -0.05) is 6.07 Å². The average Bonchev–Trinajstić information content (AvgIpc) is 2.17. The lowest BCUT2D eigenvalue weighted by Crippen LogP contribution is -2.30. The number of pyridine rings is 1. The maximum absolute atomic E-state index is 8.71. The van der Waals surface area contributed by atoms with E-state index in [0.29, 0.717) is 12.6 Å². The van der Waals surface area contributed by atoms with Crippen LogP contribution >= 0.6 is 0 Å². The Hall–Kier alpha value is -1.40. The van der Waals surface area contributed by atoms with Gasteiger partial charge in [-0.05, 0) is 31.9 Å². The summed E-state index contributed by atoms with van der Waals surface area (Å²) in [6.07, 6.45) is 3.70. The molecule has 1 rings (SSSR count). The molecule has 3 heteroatoms. The van der Waals surface area contributed by atoms with Gasteiger partial charge in [0.25, 0.3) is 0 Å². The minimum atomic E-state index is 0.380. The van der Waals surface area contributed by atoms with Gasteiger partial charge in [0.05, 0.1) is 12.6 Å². The fraction of sp³-hybridized carbons (Fsp3) is 0.500. The summed E-state index contributed by atoms with van der Waals surface area (Å²) >= 11 is 0. The summed E-state index contributed by atoms with van der Waals surface area (Å²) in [4.78, 5) is 6.27. The first-order valence-electron chi connectivity index (χ1n) is 5.15. The maximum Gasteiger partial charge on any atom is 0.0871 e. The summed E-state index contributed by atoms with van der Waals surface area (Å²) in [6, 6.07) is 4.68. The van der Waals surface area contributed by atoms with Crippen LogP contribution in [0.2, 0.25) is 0 Å². The highest BCUT2D eigenvalue weighted by atomic mass is 15.1. The van der Waals surface area contributed by atoms with Crippen LogP contribution in [-0.4, -0.2) is 22.5 Å². The third-order valence-corrected chi connectivity index (χ3v) is 2.32. The molecular formula is C12H17N3. The van der Waals surface area contributed by atoms with Gasteiger partial charge >= 0.3 is 0 Å². The Morgan fingerprint density at radius 3 is 2.73 bits per heavy atom. The van der Waals surface area contributed by atoms with Crippen molar-refractivity contribution in [2.75, 3.05) is 6.54 Å². The van der Waals surface area contributed by atoms with E-state index in [9.17, 15) is 0 Å². The Bertz CT molecular complexity index is 352. The number of hydrogen-bond acceptors (Lipinski definition) is 3. The number of aromatic nitrogens is 1. The molecule has 3 nitrogen and oxygen atoms in total. The monoisotopic (exact) mass is 203 g/mol. The molecule has 80 valence electrons. The van der Waals surface area contributed by atoms with Gasteiger partial charge in [0.1, 0.15) is 0 Å². The number of aryl methyl sites for hydroxylation is 1. The molecule has 0 spiro atoms. The van der Waals surface area contributed by atoms with E-state index in [1.807, 2.05) is 19.3 Å². The lowest BCUT2D eigenvalue weighted by atomic mass is 10.2. The quantitative estimate of drug-likeness (QED) is 0.704. The van der Waals surface area contributed by atoms with Crippen molar-refractivity contribution in [2.24, 2.45) is 0 Å². The van der Waals surface area contributed by atoms with Crippen LogP contribution in [0.4, 0.5) is 0 Å². The number of nitrogens with zero attached hydrogens (tertiary/aromatic N) is 3. The number of nitriles is 1. The van der Waals surface area contributed by atoms with Crippen LogP contribution in [0.5, 0.6) is 0 Å². The van der Waals surface area contributed by atoms with E-state index in [1.165, 1.54) is 5.56 Å². The maximum atomic E-state index is 8.71. The summed E-state index contributed by atoms with van der Waals surface area (Å²) in [7, 11) is 0. The van der Waals surface area contributed by atoms with Gasteiger partial charge in [-0.25, -0.2) is 0 Å². The normalized spacial score (nSPS) is 10.7. The minimum Gasteiger partial charge on any atom is -0.284 e. The van der Waals surface area contributed by atoms with Crippen molar-refractivity contribution >= 4 is 0 Å². The molecule has 15 heavy (non-hydrogen) atoms. The number of hydrogen-bond donors (Lipinski definition) is 0. The molecule has 0 atom stereocenters. The third-order valence-electron chi connectivity index (χ3n) is 2.32. The SMILES string of the molecule is Cc1cncc(CN(CC#N)C(C)C)c1. The average molecular weight is 203 g/mol. The van der Waals surface area contributed by atoms with Gasteiger partial charge in [0, 0.05) is 25.0 Å². The summed E-state index contributed by atoms with van der Waals surface area (Å²) in [6.45, 7) is 7.48. The van der Waals surface area contributed by atoms with Crippen molar-refractivity contribution in [1.29, 1.82) is 5.26 Å². The van der Waals surface area contributed by atoms with Crippen molar-refractivity contribution in [2.45, 2.75) is 33.4 Å². The highest BCUT2D eigenvalue weighted by Gasteiger charge is 2.09. The molecule has 0 bridgehead atoms. The lowest BCUT2D eigenvalue weighted by Gasteiger charge is -2.23. The van der Waals surface area contributed by atoms with E-state index in [1.54, 1.807) is 0 Å². The van der Waals surface area contributed by atoms with Crippen LogP contribution in [0.3, 0.4) is 0 Å². The van der Waals surface area contributed by atoms with E-state index in [0.717, 1.165) is 12.1 Å². The molecule has 0 fully saturated rings. The predicted octanol–water partition coefficient (Wildman–Crippen LogP) is 2.12. The van der Waals surface area contributed by atoms with Crippen molar-refractivity contribution in [3.8, 4) is 6.07 Å². The topological polar surface area (TPSA) is 39.9 Å². The highest BCUT2D eigenvalue weighted by Crippen LogP contribution is 2.08. The Balaban J connectivity index is 2.70. The molecule has 0 saturated heterocycles. The zero-order valence-electron chi connectivity index (χ0n) is 9.57. The van der Waals surface area contributed by atoms with Crippen LogP contribution in [0.25, 0.3) is 0 Å². The van der Waals surface area contributed by atoms with Crippen LogP contribution in [-0.2, 0) is 6.54 Å². The van der Waals surface area contributed by atoms with Gasteiger partial charge in [-0.3, -0.25) is 9.88 Å². The van der Waals surface area contributed by atoms with E-state index in [2.05, 4.69) is 35.9 Å². The summed E-state index contributed by atoms with van der Waals surface area (Å²) < 4.78 is 0. The molecule has 0 aliphatic heterocycles. The Morgan fingerprint density at radius 2 is 2.20 bits per heavy atom. The molecule has 0 aliphatic rings. The lowest BCUT2D eigenvalue weighted by molar-refractivity contribution is 0.240. The highest BCUT2D eigenvalue weighted by molar-refractivity contribution is 5.16. The van der Waals surface area contributed by atoms with Crippen LogP contribution < -0.4 is 0 Å². The molecule has 0 saturated carbocycles. The zero-order valence-corrected chi connectivity index (χ0v) is 9.57. The van der Waals surface area contributed by atoms with Gasteiger partial charge < -0.3 is 0 Å². The van der Waals surface area contributed by atoms with Crippen LogP contribution in [0, 0.1) is 18.3 Å². The minimum absolute atomic E-state index is 0.380. The first kappa shape index (κ1) is 11.7. The largest absolute Gasteiger partial charge is 0.284 e. The molecule has 0 aliphatic carbocycles. The second kappa shape index (κ2) is 5.47. The van der Waals surface area contributed by atoms with Gasteiger partial charge in [-0.15, -0.1) is 0 Å². The molecule has 0 amide bonds. The van der Waals surface area contributed by atoms with Gasteiger partial charge in [-0.2, -0.15) is 5.26 Å². The summed E-state index contributed by atoms with van der Waals surface area (Å²) in [5.41, 5.74) is 2.33. The fourth-order valence-electron chi connectivity index (χ4n) is 1.45. The van der Waals surface area contributed by atoms with Gasteiger partial charge in [0.2, 0.25) is 0 Å². The molecule has 1 aromatic heterocycles. The van der Waals surface area contributed by atoms with E-state index >= 15 is 0 Å². The Labute approximate surface area is 91.4 Å². The molecule has 1 heterocycles. The van der Waals surface area contributed by atoms with Crippen molar-refractivity contribution < 1.29 is 0 Å². The molecule has 0 unspecified atom stereocenters. The standard InChI is InChI=1S/C12H17N3/c1-10(2)15(5-4-13)9-12-6-11(3)7-14-8-12/h6-8,10H,5,9H2,1-3H3. The first-order valence-corrected chi connectivity index (χ1v) is 5.15. The van der Waals surface area contributed by atoms with E-state index in [-0.39, 0.29) is 0 Å². The number of rotatable bonds is 4. The molecule has 0 aromatic carbocycles. The van der Waals surface area contributed by atoms with Crippen LogP contribution in [0.15, 0.2) is 18.5 Å². The summed E-state index contributed by atoms with van der Waals surface area (Å²) in [5.74, 6) is 0. The smallest absolute Gasteiger partial charge is 0.0871 e. The molecule has 0 radical (unpaired) electrons. The van der Waals surface area contributed by atoms with Crippen LogP contribution in [0.1, 0.15) is 25.0 Å². The molecule has 1 aromatic rings. The molecule has 0 N–H and O–H groups in total. The summed E-state index contributed by atoms with van der Waals surface area (Å²) in [5, 5.41) is 8.71. The van der Waals surface area contributed by atoms with E-state index < -0.39 is 0 Å². The van der Waals surface area contributed by atoms with Crippen molar-refractivity contribution in [3.63, 3.8) is 0 Å². The Kier molecular flexibility index (Phi) is 4.26. The van der Waals surface area contributed by atoms with E-state index in [4.69, 9.17) is 5.26 Å². The fourth-order valence-corrected chi connectivity index (χ4v) is 1.45.